The van der Waals surface area contributed by atoms with Crippen molar-refractivity contribution in [2.45, 2.75) is 26.3 Å². The summed E-state index contributed by atoms with van der Waals surface area (Å²) >= 11 is 0. The van der Waals surface area contributed by atoms with E-state index in [0.29, 0.717) is 36.1 Å². The van der Waals surface area contributed by atoms with Crippen molar-refractivity contribution in [3.8, 4) is 17.2 Å². The van der Waals surface area contributed by atoms with Gasteiger partial charge in [0.05, 0.1) is 25.9 Å². The number of hydrogen-bond donors (Lipinski definition) is 0. The molecule has 0 saturated heterocycles. The Labute approximate surface area is 148 Å². The van der Waals surface area contributed by atoms with E-state index in [0.717, 1.165) is 18.4 Å². The monoisotopic (exact) mass is 341 g/mol. The van der Waals surface area contributed by atoms with Crippen LogP contribution >= 0.6 is 0 Å². The molecular weight excluding hydrogens is 318 g/mol. The summed E-state index contributed by atoms with van der Waals surface area (Å²) in [5, 5.41) is 0. The van der Waals surface area contributed by atoms with E-state index in [1.54, 1.807) is 18.1 Å². The van der Waals surface area contributed by atoms with Crippen LogP contribution in [0.4, 0.5) is 5.69 Å². The molecule has 5 heteroatoms. The number of carbonyl (C=O) groups excluding carboxylic acids is 1. The van der Waals surface area contributed by atoms with Gasteiger partial charge in [-0.2, -0.15) is 0 Å². The van der Waals surface area contributed by atoms with E-state index in [9.17, 15) is 4.79 Å². The lowest BCUT2D eigenvalue weighted by Crippen LogP contribution is -2.38. The van der Waals surface area contributed by atoms with Crippen molar-refractivity contribution < 1.29 is 19.0 Å². The van der Waals surface area contributed by atoms with Crippen LogP contribution in [0.15, 0.2) is 42.5 Å². The summed E-state index contributed by atoms with van der Waals surface area (Å²) in [5.74, 6) is 1.81. The first-order valence-electron chi connectivity index (χ1n) is 8.55. The van der Waals surface area contributed by atoms with E-state index in [-0.39, 0.29) is 12.5 Å². The van der Waals surface area contributed by atoms with Crippen molar-refractivity contribution in [1.82, 2.24) is 0 Å². The number of fused-ring (bicyclic) bond motifs is 1. The minimum Gasteiger partial charge on any atom is -0.493 e. The molecule has 25 heavy (non-hydrogen) atoms. The molecule has 0 radical (unpaired) electrons. The second kappa shape index (κ2) is 7.92. The average molecular weight is 341 g/mol. The summed E-state index contributed by atoms with van der Waals surface area (Å²) in [6, 6.07) is 13.5. The van der Waals surface area contributed by atoms with Gasteiger partial charge in [0, 0.05) is 12.1 Å². The van der Waals surface area contributed by atoms with E-state index in [4.69, 9.17) is 14.2 Å². The first kappa shape index (κ1) is 17.1. The average Bonchev–Trinajstić information content (AvgIpc) is 2.65. The van der Waals surface area contributed by atoms with Gasteiger partial charge in [-0.25, -0.2) is 0 Å². The number of rotatable bonds is 7. The molecule has 2 aromatic carbocycles. The number of anilines is 1. The van der Waals surface area contributed by atoms with Crippen molar-refractivity contribution in [3.63, 3.8) is 0 Å². The largest absolute Gasteiger partial charge is 0.493 e. The molecule has 0 N–H and O–H groups in total. The van der Waals surface area contributed by atoms with Gasteiger partial charge < -0.3 is 19.1 Å². The van der Waals surface area contributed by atoms with Gasteiger partial charge in [0.2, 0.25) is 0 Å². The van der Waals surface area contributed by atoms with E-state index >= 15 is 0 Å². The lowest BCUT2D eigenvalue weighted by molar-refractivity contribution is -0.121. The number of benzene rings is 2. The van der Waals surface area contributed by atoms with Crippen LogP contribution in [0, 0.1) is 0 Å². The lowest BCUT2D eigenvalue weighted by atomic mass is 10.1. The van der Waals surface area contributed by atoms with E-state index in [1.807, 2.05) is 36.4 Å². The number of amides is 1. The maximum absolute atomic E-state index is 12.4. The van der Waals surface area contributed by atoms with Gasteiger partial charge in [0.1, 0.15) is 5.75 Å². The third-order valence-electron chi connectivity index (χ3n) is 4.13. The zero-order chi connectivity index (χ0) is 17.6. The predicted molar refractivity (Wildman–Crippen MR) is 96.5 cm³/mol. The third kappa shape index (κ3) is 3.87. The van der Waals surface area contributed by atoms with Crippen LogP contribution in [0.3, 0.4) is 0 Å². The maximum atomic E-state index is 12.4. The summed E-state index contributed by atoms with van der Waals surface area (Å²) in [7, 11) is 1.60. The van der Waals surface area contributed by atoms with Crippen molar-refractivity contribution in [3.05, 3.63) is 48.0 Å². The molecule has 5 nitrogen and oxygen atoms in total. The highest BCUT2D eigenvalue weighted by Gasteiger charge is 2.28. The Hall–Kier alpha value is -2.69. The standard InChI is InChI=1S/C20H23NO4/c1-3-4-10-24-19-11-16-17(12-18(19)23-2)25-14-20(22)21(16)13-15-8-6-5-7-9-15/h5-9,11-12H,3-4,10,13-14H2,1-2H3. The normalized spacial score (nSPS) is 13.2. The molecule has 0 unspecified atom stereocenters. The predicted octanol–water partition coefficient (Wildman–Crippen LogP) is 3.80. The molecule has 0 aromatic heterocycles. The van der Waals surface area contributed by atoms with Crippen molar-refractivity contribution >= 4 is 11.6 Å². The van der Waals surface area contributed by atoms with Crippen LogP contribution in [0.25, 0.3) is 0 Å². The van der Waals surface area contributed by atoms with E-state index < -0.39 is 0 Å². The minimum atomic E-state index is -0.0685. The summed E-state index contributed by atoms with van der Waals surface area (Å²) < 4.78 is 16.9. The first-order valence-corrected chi connectivity index (χ1v) is 8.55. The Morgan fingerprint density at radius 2 is 1.96 bits per heavy atom. The van der Waals surface area contributed by atoms with Gasteiger partial charge in [0.15, 0.2) is 18.1 Å². The highest BCUT2D eigenvalue weighted by atomic mass is 16.5. The molecular formula is C20H23NO4. The summed E-state index contributed by atoms with van der Waals surface area (Å²) in [6.45, 7) is 3.25. The van der Waals surface area contributed by atoms with Crippen LogP contribution < -0.4 is 19.1 Å². The number of carbonyl (C=O) groups is 1. The van der Waals surface area contributed by atoms with Crippen molar-refractivity contribution in [2.24, 2.45) is 0 Å². The van der Waals surface area contributed by atoms with Crippen LogP contribution in [0.2, 0.25) is 0 Å². The Balaban J connectivity index is 1.92. The second-order valence-corrected chi connectivity index (χ2v) is 5.93. The fourth-order valence-corrected chi connectivity index (χ4v) is 2.75. The zero-order valence-electron chi connectivity index (χ0n) is 14.7. The molecule has 1 aliphatic rings. The molecule has 1 aliphatic heterocycles. The highest BCUT2D eigenvalue weighted by molar-refractivity contribution is 5.98. The molecule has 132 valence electrons. The molecule has 0 spiro atoms. The molecule has 0 aliphatic carbocycles. The van der Waals surface area contributed by atoms with Crippen molar-refractivity contribution in [2.75, 3.05) is 25.2 Å². The fraction of sp³-hybridized carbons (Fsp3) is 0.350. The van der Waals surface area contributed by atoms with Gasteiger partial charge >= 0.3 is 0 Å². The molecule has 0 bridgehead atoms. The minimum absolute atomic E-state index is 0.0268. The van der Waals surface area contributed by atoms with Crippen LogP contribution in [-0.2, 0) is 11.3 Å². The first-order chi connectivity index (χ1) is 12.2. The SMILES string of the molecule is CCCCOc1cc2c(cc1OC)OCC(=O)N2Cc1ccccc1. The van der Waals surface area contributed by atoms with Crippen LogP contribution in [0.5, 0.6) is 17.2 Å². The molecule has 3 rings (SSSR count). The smallest absolute Gasteiger partial charge is 0.265 e. The Morgan fingerprint density at radius 3 is 2.68 bits per heavy atom. The Kier molecular flexibility index (Phi) is 5.43. The molecule has 1 heterocycles. The van der Waals surface area contributed by atoms with Gasteiger partial charge in [-0.1, -0.05) is 43.7 Å². The zero-order valence-corrected chi connectivity index (χ0v) is 14.7. The summed E-state index contributed by atoms with van der Waals surface area (Å²) in [4.78, 5) is 14.2. The van der Waals surface area contributed by atoms with E-state index in [1.165, 1.54) is 0 Å². The fourth-order valence-electron chi connectivity index (χ4n) is 2.75. The maximum Gasteiger partial charge on any atom is 0.265 e. The van der Waals surface area contributed by atoms with Gasteiger partial charge in [-0.05, 0) is 12.0 Å². The third-order valence-corrected chi connectivity index (χ3v) is 4.13. The van der Waals surface area contributed by atoms with Crippen LogP contribution in [0.1, 0.15) is 25.3 Å². The van der Waals surface area contributed by atoms with Gasteiger partial charge in [-0.15, -0.1) is 0 Å². The van der Waals surface area contributed by atoms with Crippen molar-refractivity contribution in [1.29, 1.82) is 0 Å². The molecule has 0 saturated carbocycles. The molecule has 1 amide bonds. The number of unbranched alkanes of at least 4 members (excludes halogenated alkanes) is 1. The van der Waals surface area contributed by atoms with E-state index in [2.05, 4.69) is 6.92 Å². The highest BCUT2D eigenvalue weighted by Crippen LogP contribution is 2.42. The molecule has 0 fully saturated rings. The number of nitrogens with zero attached hydrogens (tertiary/aromatic N) is 1. The summed E-state index contributed by atoms with van der Waals surface area (Å²) in [6.07, 6.45) is 2.01. The quantitative estimate of drug-likeness (QED) is 0.719. The van der Waals surface area contributed by atoms with Gasteiger partial charge in [0.25, 0.3) is 5.91 Å². The van der Waals surface area contributed by atoms with Crippen LogP contribution in [-0.4, -0.2) is 26.2 Å². The Morgan fingerprint density at radius 1 is 1.16 bits per heavy atom. The van der Waals surface area contributed by atoms with Gasteiger partial charge in [-0.3, -0.25) is 4.79 Å². The topological polar surface area (TPSA) is 48.0 Å². The Bertz CT molecular complexity index is 730. The summed E-state index contributed by atoms with van der Waals surface area (Å²) in [5.41, 5.74) is 1.78. The number of hydrogen-bond acceptors (Lipinski definition) is 4. The number of methoxy groups -OCH3 is 1. The second-order valence-electron chi connectivity index (χ2n) is 5.93. The molecule has 2 aromatic rings. The number of ether oxygens (including phenoxy) is 3. The lowest BCUT2D eigenvalue weighted by Gasteiger charge is -2.30. The molecule has 0 atom stereocenters.